The second kappa shape index (κ2) is 5.74. The van der Waals surface area contributed by atoms with E-state index in [9.17, 15) is 4.79 Å². The third kappa shape index (κ3) is 3.25. The number of anilines is 1. The Kier molecular flexibility index (Phi) is 4.27. The van der Waals surface area contributed by atoms with Crippen LogP contribution in [-0.2, 0) is 0 Å². The molecule has 2 nitrogen and oxygen atoms in total. The molecule has 1 N–H and O–H groups in total. The predicted octanol–water partition coefficient (Wildman–Crippen LogP) is 5.01. The lowest BCUT2D eigenvalue weighted by Crippen LogP contribution is -2.11. The topological polar surface area (TPSA) is 29.1 Å². The summed E-state index contributed by atoms with van der Waals surface area (Å²) in [6.45, 7) is 0. The van der Waals surface area contributed by atoms with Gasteiger partial charge in [-0.2, -0.15) is 0 Å². The van der Waals surface area contributed by atoms with Crippen LogP contribution in [0.2, 0.25) is 10.0 Å². The fourth-order valence-electron chi connectivity index (χ4n) is 1.41. The summed E-state index contributed by atoms with van der Waals surface area (Å²) in [6.07, 6.45) is 0. The summed E-state index contributed by atoms with van der Waals surface area (Å²) in [5, 5.41) is 3.61. The molecule has 5 heteroatoms. The first kappa shape index (κ1) is 13.4. The Morgan fingerprint density at radius 3 is 2.50 bits per heavy atom. The molecule has 0 aliphatic rings. The molecule has 2 aromatic carbocycles. The van der Waals surface area contributed by atoms with Crippen LogP contribution in [-0.4, -0.2) is 5.91 Å². The molecule has 0 aliphatic carbocycles. The number of carbonyl (C=O) groups excluding carboxylic acids is 1. The van der Waals surface area contributed by atoms with Crippen LogP contribution in [0.3, 0.4) is 0 Å². The molecule has 1 amide bonds. The minimum Gasteiger partial charge on any atom is -0.322 e. The third-order valence-electron chi connectivity index (χ3n) is 2.26. The van der Waals surface area contributed by atoms with Crippen LogP contribution >= 0.6 is 39.1 Å². The predicted molar refractivity (Wildman–Crippen MR) is 78.6 cm³/mol. The molecule has 2 rings (SSSR count). The van der Waals surface area contributed by atoms with E-state index >= 15 is 0 Å². The van der Waals surface area contributed by atoms with Crippen molar-refractivity contribution < 1.29 is 4.79 Å². The maximum absolute atomic E-state index is 12.0. The Balaban J connectivity index is 2.18. The quantitative estimate of drug-likeness (QED) is 0.815. The average molecular weight is 345 g/mol. The van der Waals surface area contributed by atoms with Crippen molar-refractivity contribution in [1.82, 2.24) is 0 Å². The van der Waals surface area contributed by atoms with Gasteiger partial charge in [-0.25, -0.2) is 0 Å². The van der Waals surface area contributed by atoms with E-state index in [1.807, 2.05) is 6.07 Å². The molecule has 0 aromatic heterocycles. The minimum atomic E-state index is -0.199. The van der Waals surface area contributed by atoms with Gasteiger partial charge < -0.3 is 5.32 Å². The summed E-state index contributed by atoms with van der Waals surface area (Å²) >= 11 is 15.0. The van der Waals surface area contributed by atoms with Crippen molar-refractivity contribution in [2.75, 3.05) is 5.32 Å². The first-order valence-electron chi connectivity index (χ1n) is 5.08. The molecular formula is C13H8BrCl2NO. The van der Waals surface area contributed by atoms with Crippen molar-refractivity contribution in [3.63, 3.8) is 0 Å². The molecule has 0 spiro atoms. The number of hydrogen-bond donors (Lipinski definition) is 1. The van der Waals surface area contributed by atoms with Crippen LogP contribution in [0.1, 0.15) is 10.4 Å². The van der Waals surface area contributed by atoms with E-state index in [4.69, 9.17) is 23.2 Å². The summed E-state index contributed by atoms with van der Waals surface area (Å²) < 4.78 is 0.851. The second-order valence-electron chi connectivity index (χ2n) is 3.59. The molecule has 0 radical (unpaired) electrons. The number of rotatable bonds is 2. The van der Waals surface area contributed by atoms with Crippen LogP contribution in [0.25, 0.3) is 0 Å². The molecule has 0 bridgehead atoms. The first-order valence-corrected chi connectivity index (χ1v) is 6.63. The number of carbonyl (C=O) groups is 1. The Hall–Kier alpha value is -1.03. The van der Waals surface area contributed by atoms with Crippen molar-refractivity contribution >= 4 is 50.7 Å². The van der Waals surface area contributed by atoms with Crippen molar-refractivity contribution in [2.45, 2.75) is 0 Å². The zero-order valence-electron chi connectivity index (χ0n) is 9.08. The fourth-order valence-corrected chi connectivity index (χ4v) is 2.10. The zero-order valence-corrected chi connectivity index (χ0v) is 12.2. The van der Waals surface area contributed by atoms with Gasteiger partial charge in [-0.3, -0.25) is 4.79 Å². The smallest absolute Gasteiger partial charge is 0.255 e. The summed E-state index contributed by atoms with van der Waals surface area (Å²) in [7, 11) is 0. The maximum Gasteiger partial charge on any atom is 0.255 e. The van der Waals surface area contributed by atoms with Crippen LogP contribution < -0.4 is 5.32 Å². The molecule has 0 aliphatic heterocycles. The second-order valence-corrected chi connectivity index (χ2v) is 5.32. The largest absolute Gasteiger partial charge is 0.322 e. The normalized spacial score (nSPS) is 10.2. The summed E-state index contributed by atoms with van der Waals surface area (Å²) in [5.41, 5.74) is 1.17. The van der Waals surface area contributed by atoms with Gasteiger partial charge >= 0.3 is 0 Å². The summed E-state index contributed by atoms with van der Waals surface area (Å²) in [5.74, 6) is -0.199. The highest BCUT2D eigenvalue weighted by Gasteiger charge is 2.07. The Morgan fingerprint density at radius 2 is 1.83 bits per heavy atom. The highest BCUT2D eigenvalue weighted by molar-refractivity contribution is 9.10. The van der Waals surface area contributed by atoms with Crippen molar-refractivity contribution in [3.05, 3.63) is 62.5 Å². The number of nitrogens with one attached hydrogen (secondary N) is 1. The Bertz CT molecular complexity index is 601. The summed E-state index contributed by atoms with van der Waals surface area (Å²) in [4.78, 5) is 12.0. The number of hydrogen-bond acceptors (Lipinski definition) is 1. The molecule has 0 atom stereocenters. The molecule has 0 heterocycles. The van der Waals surface area contributed by atoms with Crippen LogP contribution in [0.4, 0.5) is 5.69 Å². The lowest BCUT2D eigenvalue weighted by molar-refractivity contribution is 0.102. The first-order chi connectivity index (χ1) is 8.56. The molecule has 0 fully saturated rings. The van der Waals surface area contributed by atoms with Crippen molar-refractivity contribution in [3.8, 4) is 0 Å². The summed E-state index contributed by atoms with van der Waals surface area (Å²) in [6, 6.07) is 12.1. The lowest BCUT2D eigenvalue weighted by Gasteiger charge is -2.06. The number of benzene rings is 2. The molecule has 2 aromatic rings. The SMILES string of the molecule is O=C(Nc1ccc(Cl)c(Cl)c1)c1cccc(Br)c1. The third-order valence-corrected chi connectivity index (χ3v) is 3.50. The molecule has 0 saturated carbocycles. The van der Waals surface area contributed by atoms with Crippen molar-refractivity contribution in [1.29, 1.82) is 0 Å². The van der Waals surface area contributed by atoms with Gasteiger partial charge in [-0.15, -0.1) is 0 Å². The Labute approximate surface area is 123 Å². The van der Waals surface area contributed by atoms with Crippen LogP contribution in [0.5, 0.6) is 0 Å². The molecule has 0 unspecified atom stereocenters. The zero-order chi connectivity index (χ0) is 13.1. The number of amides is 1. The maximum atomic E-state index is 12.0. The Morgan fingerprint density at radius 1 is 1.06 bits per heavy atom. The standard InChI is InChI=1S/C13H8BrCl2NO/c14-9-3-1-2-8(6-9)13(18)17-10-4-5-11(15)12(16)7-10/h1-7H,(H,17,18). The van der Waals surface area contributed by atoms with E-state index < -0.39 is 0 Å². The van der Waals surface area contributed by atoms with Gasteiger partial charge in [0.1, 0.15) is 0 Å². The van der Waals surface area contributed by atoms with E-state index in [1.54, 1.807) is 36.4 Å². The molecule has 18 heavy (non-hydrogen) atoms. The van der Waals surface area contributed by atoms with Gasteiger partial charge in [-0.1, -0.05) is 45.2 Å². The fraction of sp³-hybridized carbons (Fsp3) is 0. The average Bonchev–Trinajstić information content (AvgIpc) is 2.34. The highest BCUT2D eigenvalue weighted by Crippen LogP contribution is 2.25. The van der Waals surface area contributed by atoms with E-state index in [0.717, 1.165) is 4.47 Å². The van der Waals surface area contributed by atoms with Gasteiger partial charge in [0.15, 0.2) is 0 Å². The lowest BCUT2D eigenvalue weighted by atomic mass is 10.2. The van der Waals surface area contributed by atoms with Gasteiger partial charge in [0.25, 0.3) is 5.91 Å². The van der Waals surface area contributed by atoms with E-state index in [2.05, 4.69) is 21.2 Å². The van der Waals surface area contributed by atoms with E-state index in [1.165, 1.54) is 0 Å². The van der Waals surface area contributed by atoms with Gasteiger partial charge in [0.05, 0.1) is 10.0 Å². The van der Waals surface area contributed by atoms with Crippen LogP contribution in [0, 0.1) is 0 Å². The monoisotopic (exact) mass is 343 g/mol. The van der Waals surface area contributed by atoms with Gasteiger partial charge in [-0.05, 0) is 36.4 Å². The van der Waals surface area contributed by atoms with Crippen molar-refractivity contribution in [2.24, 2.45) is 0 Å². The van der Waals surface area contributed by atoms with Gasteiger partial charge in [0, 0.05) is 15.7 Å². The molecule has 0 saturated heterocycles. The highest BCUT2D eigenvalue weighted by atomic mass is 79.9. The number of halogens is 3. The minimum absolute atomic E-state index is 0.199. The van der Waals surface area contributed by atoms with Crippen LogP contribution in [0.15, 0.2) is 46.9 Å². The van der Waals surface area contributed by atoms with Gasteiger partial charge in [0.2, 0.25) is 0 Å². The van der Waals surface area contributed by atoms with E-state index in [-0.39, 0.29) is 5.91 Å². The molecular weight excluding hydrogens is 337 g/mol. The van der Waals surface area contributed by atoms with E-state index in [0.29, 0.717) is 21.3 Å². The molecule has 92 valence electrons.